The van der Waals surface area contributed by atoms with E-state index in [1.807, 2.05) is 6.92 Å². The van der Waals surface area contributed by atoms with Crippen molar-refractivity contribution in [2.45, 2.75) is 6.92 Å². The molecule has 0 aliphatic carbocycles. The lowest BCUT2D eigenvalue weighted by atomic mass is 10.1. The molecule has 0 spiro atoms. The van der Waals surface area contributed by atoms with Gasteiger partial charge in [0.2, 0.25) is 0 Å². The fourth-order valence-corrected chi connectivity index (χ4v) is 1.39. The van der Waals surface area contributed by atoms with E-state index in [4.69, 9.17) is 14.7 Å². The molecule has 0 bridgehead atoms. The van der Waals surface area contributed by atoms with Crippen LogP contribution in [0.2, 0.25) is 0 Å². The zero-order valence-corrected chi connectivity index (χ0v) is 7.33. The van der Waals surface area contributed by atoms with Gasteiger partial charge in [-0.25, -0.2) is 0 Å². The maximum Gasteiger partial charge on any atom is 0.164 e. The molecule has 0 radical (unpaired) electrons. The van der Waals surface area contributed by atoms with Crippen molar-refractivity contribution in [2.24, 2.45) is 0 Å². The third-order valence-corrected chi connectivity index (χ3v) is 1.96. The van der Waals surface area contributed by atoms with Gasteiger partial charge in [-0.3, -0.25) is 0 Å². The molecule has 2 rings (SSSR count). The van der Waals surface area contributed by atoms with Crippen molar-refractivity contribution >= 4 is 0 Å². The van der Waals surface area contributed by atoms with E-state index in [9.17, 15) is 0 Å². The number of nitrogens with zero attached hydrogens (tertiary/aromatic N) is 1. The molecule has 3 heteroatoms. The van der Waals surface area contributed by atoms with E-state index in [1.165, 1.54) is 0 Å². The van der Waals surface area contributed by atoms with Crippen molar-refractivity contribution < 1.29 is 9.47 Å². The minimum absolute atomic E-state index is 0.557. The number of hydrogen-bond donors (Lipinski definition) is 0. The number of rotatable bonds is 0. The maximum atomic E-state index is 8.72. The Kier molecular flexibility index (Phi) is 1.82. The Morgan fingerprint density at radius 1 is 1.31 bits per heavy atom. The van der Waals surface area contributed by atoms with Gasteiger partial charge in [-0.05, 0) is 18.6 Å². The quantitative estimate of drug-likeness (QED) is 0.602. The van der Waals surface area contributed by atoms with Crippen molar-refractivity contribution in [3.05, 3.63) is 23.3 Å². The van der Waals surface area contributed by atoms with Crippen molar-refractivity contribution in [3.8, 4) is 17.6 Å². The lowest BCUT2D eigenvalue weighted by Gasteiger charge is -2.19. The zero-order chi connectivity index (χ0) is 9.26. The summed E-state index contributed by atoms with van der Waals surface area (Å²) in [6, 6.07) is 5.59. The number of aryl methyl sites for hydroxylation is 1. The van der Waals surface area contributed by atoms with Crippen molar-refractivity contribution in [3.63, 3.8) is 0 Å². The van der Waals surface area contributed by atoms with E-state index >= 15 is 0 Å². The molecule has 1 aromatic rings. The van der Waals surface area contributed by atoms with E-state index in [0.29, 0.717) is 24.5 Å². The smallest absolute Gasteiger partial charge is 0.164 e. The zero-order valence-electron chi connectivity index (χ0n) is 7.33. The minimum atomic E-state index is 0.557. The molecule has 1 heterocycles. The van der Waals surface area contributed by atoms with Crippen LogP contribution in [0.15, 0.2) is 12.1 Å². The maximum absolute atomic E-state index is 8.72. The highest BCUT2D eigenvalue weighted by molar-refractivity contribution is 5.52. The van der Waals surface area contributed by atoms with Gasteiger partial charge in [0.25, 0.3) is 0 Å². The Balaban J connectivity index is 2.54. The highest BCUT2D eigenvalue weighted by Gasteiger charge is 2.14. The number of fused-ring (bicyclic) bond motifs is 1. The second-order valence-corrected chi connectivity index (χ2v) is 2.93. The monoisotopic (exact) mass is 175 g/mol. The summed E-state index contributed by atoms with van der Waals surface area (Å²) in [5, 5.41) is 8.72. The minimum Gasteiger partial charge on any atom is -0.486 e. The highest BCUT2D eigenvalue weighted by Crippen LogP contribution is 2.34. The summed E-state index contributed by atoms with van der Waals surface area (Å²) in [6.45, 7) is 3.05. The van der Waals surface area contributed by atoms with Crippen LogP contribution in [0.5, 0.6) is 11.5 Å². The summed E-state index contributed by atoms with van der Waals surface area (Å²) < 4.78 is 10.8. The molecule has 1 aliphatic rings. The molecule has 0 saturated heterocycles. The molecule has 0 amide bonds. The summed E-state index contributed by atoms with van der Waals surface area (Å²) in [7, 11) is 0. The largest absolute Gasteiger partial charge is 0.486 e. The van der Waals surface area contributed by atoms with Crippen LogP contribution in [0.4, 0.5) is 0 Å². The summed E-state index contributed by atoms with van der Waals surface area (Å²) in [5.41, 5.74) is 1.57. The highest BCUT2D eigenvalue weighted by atomic mass is 16.6. The first-order valence-electron chi connectivity index (χ1n) is 4.11. The van der Waals surface area contributed by atoms with Crippen LogP contribution in [0.25, 0.3) is 0 Å². The Bertz CT molecular complexity index is 379. The Labute approximate surface area is 76.5 Å². The van der Waals surface area contributed by atoms with Crippen LogP contribution in [-0.4, -0.2) is 13.2 Å². The molecule has 13 heavy (non-hydrogen) atoms. The predicted molar refractivity (Wildman–Crippen MR) is 46.9 cm³/mol. The molecule has 0 atom stereocenters. The van der Waals surface area contributed by atoms with E-state index in [-0.39, 0.29) is 0 Å². The van der Waals surface area contributed by atoms with Crippen molar-refractivity contribution in [1.29, 1.82) is 5.26 Å². The summed E-state index contributed by atoms with van der Waals surface area (Å²) in [4.78, 5) is 0. The SMILES string of the molecule is Cc1cc(C#N)cc2c1OCCO2. The van der Waals surface area contributed by atoms with Gasteiger partial charge in [-0.2, -0.15) is 5.26 Å². The molecule has 3 nitrogen and oxygen atoms in total. The molecule has 0 aromatic heterocycles. The topological polar surface area (TPSA) is 42.2 Å². The Morgan fingerprint density at radius 3 is 2.85 bits per heavy atom. The van der Waals surface area contributed by atoms with Gasteiger partial charge in [-0.1, -0.05) is 0 Å². The first kappa shape index (κ1) is 7.93. The number of ether oxygens (including phenoxy) is 2. The predicted octanol–water partition coefficient (Wildman–Crippen LogP) is 1.64. The van der Waals surface area contributed by atoms with Crippen molar-refractivity contribution in [2.75, 3.05) is 13.2 Å². The molecule has 1 aliphatic heterocycles. The van der Waals surface area contributed by atoms with E-state index < -0.39 is 0 Å². The first-order chi connectivity index (χ1) is 6.31. The lowest BCUT2D eigenvalue weighted by Crippen LogP contribution is -2.16. The average molecular weight is 175 g/mol. The van der Waals surface area contributed by atoms with Gasteiger partial charge < -0.3 is 9.47 Å². The van der Waals surface area contributed by atoms with Crippen LogP contribution >= 0.6 is 0 Å². The molecule has 0 unspecified atom stereocenters. The van der Waals surface area contributed by atoms with E-state index in [1.54, 1.807) is 12.1 Å². The molecular weight excluding hydrogens is 166 g/mol. The van der Waals surface area contributed by atoms with Crippen LogP contribution in [-0.2, 0) is 0 Å². The van der Waals surface area contributed by atoms with Crippen LogP contribution in [0, 0.1) is 18.3 Å². The van der Waals surface area contributed by atoms with E-state index in [0.717, 1.165) is 11.3 Å². The van der Waals surface area contributed by atoms with Crippen molar-refractivity contribution in [1.82, 2.24) is 0 Å². The summed E-state index contributed by atoms with van der Waals surface area (Å²) >= 11 is 0. The lowest BCUT2D eigenvalue weighted by molar-refractivity contribution is 0.170. The Hall–Kier alpha value is -1.69. The Morgan fingerprint density at radius 2 is 2.08 bits per heavy atom. The van der Waals surface area contributed by atoms with E-state index in [2.05, 4.69) is 6.07 Å². The molecular formula is C10H9NO2. The fourth-order valence-electron chi connectivity index (χ4n) is 1.39. The molecule has 66 valence electrons. The van der Waals surface area contributed by atoms with Crippen LogP contribution in [0.1, 0.15) is 11.1 Å². The number of nitriles is 1. The van der Waals surface area contributed by atoms with Gasteiger partial charge in [0, 0.05) is 6.07 Å². The van der Waals surface area contributed by atoms with Gasteiger partial charge in [0.15, 0.2) is 11.5 Å². The standard InChI is InChI=1S/C10H9NO2/c1-7-4-8(6-11)5-9-10(7)13-3-2-12-9/h4-5H,2-3H2,1H3. The molecule has 0 saturated carbocycles. The number of benzene rings is 1. The first-order valence-corrected chi connectivity index (χ1v) is 4.11. The van der Waals surface area contributed by atoms with Gasteiger partial charge in [0.1, 0.15) is 13.2 Å². The summed E-state index contributed by atoms with van der Waals surface area (Å²) in [5.74, 6) is 1.45. The molecule has 1 aromatic carbocycles. The normalized spacial score (nSPS) is 13.5. The molecule has 0 N–H and O–H groups in total. The fraction of sp³-hybridized carbons (Fsp3) is 0.300. The van der Waals surface area contributed by atoms with Crippen LogP contribution < -0.4 is 9.47 Å². The third-order valence-electron chi connectivity index (χ3n) is 1.96. The van der Waals surface area contributed by atoms with Gasteiger partial charge in [-0.15, -0.1) is 0 Å². The van der Waals surface area contributed by atoms with Gasteiger partial charge >= 0.3 is 0 Å². The average Bonchev–Trinajstić information content (AvgIpc) is 2.18. The third kappa shape index (κ3) is 1.31. The second kappa shape index (κ2) is 2.98. The van der Waals surface area contributed by atoms with Gasteiger partial charge in [0.05, 0.1) is 11.6 Å². The molecule has 0 fully saturated rings. The van der Waals surface area contributed by atoms with Crippen LogP contribution in [0.3, 0.4) is 0 Å². The summed E-state index contributed by atoms with van der Waals surface area (Å²) in [6.07, 6.45) is 0. The second-order valence-electron chi connectivity index (χ2n) is 2.93. The number of hydrogen-bond acceptors (Lipinski definition) is 3.